The molecule has 1 N–H and O–H groups in total. The summed E-state index contributed by atoms with van der Waals surface area (Å²) in [7, 11) is 0. The maximum absolute atomic E-state index is 4.03. The molecule has 0 saturated heterocycles. The highest BCUT2D eigenvalue weighted by Gasteiger charge is 2.32. The fourth-order valence-electron chi connectivity index (χ4n) is 4.03. The Kier molecular flexibility index (Phi) is 4.75. The van der Waals surface area contributed by atoms with Crippen LogP contribution >= 0.6 is 0 Å². The molecule has 2 rings (SSSR count). The molecule has 0 amide bonds. The van der Waals surface area contributed by atoms with E-state index >= 15 is 0 Å². The van der Waals surface area contributed by atoms with Gasteiger partial charge in [0.1, 0.15) is 0 Å². The molecule has 0 aliphatic heterocycles. The van der Waals surface area contributed by atoms with Crippen molar-refractivity contribution in [1.82, 2.24) is 5.32 Å². The maximum atomic E-state index is 4.03. The lowest BCUT2D eigenvalue weighted by Crippen LogP contribution is -2.47. The minimum Gasteiger partial charge on any atom is -0.311 e. The van der Waals surface area contributed by atoms with Crippen molar-refractivity contribution in [2.45, 2.75) is 91.1 Å². The maximum Gasteiger partial charge on any atom is 0.0100 e. The van der Waals surface area contributed by atoms with E-state index in [2.05, 4.69) is 33.0 Å². The molecule has 106 valence electrons. The third kappa shape index (κ3) is 3.73. The Labute approximate surface area is 114 Å². The summed E-state index contributed by atoms with van der Waals surface area (Å²) in [5.74, 6) is 1.77. The number of hydrogen-bond acceptors (Lipinski definition) is 1. The van der Waals surface area contributed by atoms with Crippen LogP contribution in [-0.4, -0.2) is 12.1 Å². The van der Waals surface area contributed by atoms with Crippen molar-refractivity contribution < 1.29 is 0 Å². The molecule has 0 aromatic carbocycles. The van der Waals surface area contributed by atoms with Crippen LogP contribution in [0.3, 0.4) is 0 Å². The van der Waals surface area contributed by atoms with Gasteiger partial charge in [0.2, 0.25) is 0 Å². The first-order valence-electron chi connectivity index (χ1n) is 8.24. The molecule has 0 aromatic rings. The van der Waals surface area contributed by atoms with Gasteiger partial charge in [0.05, 0.1) is 0 Å². The summed E-state index contributed by atoms with van der Waals surface area (Å²) < 4.78 is 0. The van der Waals surface area contributed by atoms with Crippen LogP contribution < -0.4 is 5.32 Å². The van der Waals surface area contributed by atoms with Gasteiger partial charge in [-0.15, -0.1) is 0 Å². The number of rotatable bonds is 3. The molecule has 0 bridgehead atoms. The van der Waals surface area contributed by atoms with E-state index in [9.17, 15) is 0 Å². The molecule has 2 aliphatic rings. The van der Waals surface area contributed by atoms with E-state index in [1.54, 1.807) is 0 Å². The molecule has 2 unspecified atom stereocenters. The van der Waals surface area contributed by atoms with Crippen LogP contribution in [0, 0.1) is 17.3 Å². The monoisotopic (exact) mass is 251 g/mol. The zero-order valence-corrected chi connectivity index (χ0v) is 13.0. The van der Waals surface area contributed by atoms with Gasteiger partial charge in [-0.1, -0.05) is 40.5 Å². The first kappa shape index (κ1) is 14.4. The normalized spacial score (nSPS) is 33.8. The molecular formula is C17H33N. The number of hydrogen-bond donors (Lipinski definition) is 1. The van der Waals surface area contributed by atoms with E-state index in [1.807, 2.05) is 0 Å². The zero-order chi connectivity index (χ0) is 13.2. The lowest BCUT2D eigenvalue weighted by molar-refractivity contribution is 0.151. The van der Waals surface area contributed by atoms with Crippen LogP contribution in [0.2, 0.25) is 0 Å². The summed E-state index contributed by atoms with van der Waals surface area (Å²) in [6.07, 6.45) is 11.4. The highest BCUT2D eigenvalue weighted by Crippen LogP contribution is 2.37. The third-order valence-electron chi connectivity index (χ3n) is 5.46. The molecule has 2 aliphatic carbocycles. The van der Waals surface area contributed by atoms with Crippen molar-refractivity contribution in [3.05, 3.63) is 0 Å². The molecule has 18 heavy (non-hydrogen) atoms. The van der Waals surface area contributed by atoms with Crippen molar-refractivity contribution in [2.24, 2.45) is 17.3 Å². The van der Waals surface area contributed by atoms with Gasteiger partial charge in [0, 0.05) is 12.1 Å². The fourth-order valence-corrected chi connectivity index (χ4v) is 4.03. The molecule has 1 nitrogen and oxygen atoms in total. The van der Waals surface area contributed by atoms with Crippen molar-refractivity contribution in [1.29, 1.82) is 0 Å². The second-order valence-corrected chi connectivity index (χ2v) is 7.90. The Morgan fingerprint density at radius 3 is 2.17 bits per heavy atom. The van der Waals surface area contributed by atoms with Crippen LogP contribution in [-0.2, 0) is 0 Å². The van der Waals surface area contributed by atoms with Crippen molar-refractivity contribution in [2.75, 3.05) is 0 Å². The summed E-state index contributed by atoms with van der Waals surface area (Å²) in [4.78, 5) is 0. The lowest BCUT2D eigenvalue weighted by atomic mass is 9.74. The Morgan fingerprint density at radius 2 is 1.56 bits per heavy atom. The van der Waals surface area contributed by atoms with E-state index < -0.39 is 0 Å². The van der Waals surface area contributed by atoms with Gasteiger partial charge in [0.15, 0.2) is 0 Å². The van der Waals surface area contributed by atoms with Gasteiger partial charge in [-0.25, -0.2) is 0 Å². The Hall–Kier alpha value is -0.0400. The summed E-state index contributed by atoms with van der Waals surface area (Å²) in [5.41, 5.74) is 0.599. The van der Waals surface area contributed by atoms with E-state index in [0.29, 0.717) is 5.41 Å². The van der Waals surface area contributed by atoms with Gasteiger partial charge < -0.3 is 5.32 Å². The average Bonchev–Trinajstić information content (AvgIpc) is 2.32. The van der Waals surface area contributed by atoms with Crippen LogP contribution in [0.4, 0.5) is 0 Å². The number of nitrogens with one attached hydrogen (secondary N) is 1. The Balaban J connectivity index is 1.84. The highest BCUT2D eigenvalue weighted by atomic mass is 15.0. The smallest absolute Gasteiger partial charge is 0.0100 e. The largest absolute Gasteiger partial charge is 0.311 e. The van der Waals surface area contributed by atoms with E-state index in [4.69, 9.17) is 0 Å². The standard InChI is InChI=1S/C17H33N/c1-13(2)15-7-5-6-8-16(15)18-14-9-11-17(3,4)12-10-14/h13-16,18H,5-12H2,1-4H3. The predicted octanol–water partition coefficient (Wildman–Crippen LogP) is 4.76. The van der Waals surface area contributed by atoms with Crippen molar-refractivity contribution in [3.63, 3.8) is 0 Å². The molecule has 2 atom stereocenters. The predicted molar refractivity (Wildman–Crippen MR) is 79.8 cm³/mol. The second-order valence-electron chi connectivity index (χ2n) is 7.90. The van der Waals surface area contributed by atoms with Gasteiger partial charge in [-0.05, 0) is 55.8 Å². The molecule has 0 radical (unpaired) electrons. The molecule has 2 fully saturated rings. The van der Waals surface area contributed by atoms with Gasteiger partial charge in [0.25, 0.3) is 0 Å². The van der Waals surface area contributed by atoms with Crippen LogP contribution in [0.1, 0.15) is 79.1 Å². The molecule has 0 heterocycles. The zero-order valence-electron chi connectivity index (χ0n) is 13.0. The Morgan fingerprint density at radius 1 is 0.944 bits per heavy atom. The lowest BCUT2D eigenvalue weighted by Gasteiger charge is -2.41. The molecule has 0 spiro atoms. The minimum atomic E-state index is 0.599. The Bertz CT molecular complexity index is 246. The van der Waals surface area contributed by atoms with E-state index in [-0.39, 0.29) is 0 Å². The summed E-state index contributed by atoms with van der Waals surface area (Å²) in [6, 6.07) is 1.62. The van der Waals surface area contributed by atoms with E-state index in [1.165, 1.54) is 51.4 Å². The van der Waals surface area contributed by atoms with Gasteiger partial charge >= 0.3 is 0 Å². The molecule has 0 aromatic heterocycles. The summed E-state index contributed by atoms with van der Waals surface area (Å²) in [6.45, 7) is 9.69. The minimum absolute atomic E-state index is 0.599. The first-order chi connectivity index (χ1) is 8.48. The SMILES string of the molecule is CC(C)C1CCCCC1NC1CCC(C)(C)CC1. The third-order valence-corrected chi connectivity index (χ3v) is 5.46. The fraction of sp³-hybridized carbons (Fsp3) is 1.00. The molecule has 1 heteroatoms. The topological polar surface area (TPSA) is 12.0 Å². The molecular weight excluding hydrogens is 218 g/mol. The summed E-state index contributed by atoms with van der Waals surface area (Å²) >= 11 is 0. The van der Waals surface area contributed by atoms with Gasteiger partial charge in [-0.2, -0.15) is 0 Å². The molecule has 2 saturated carbocycles. The quantitative estimate of drug-likeness (QED) is 0.762. The highest BCUT2D eigenvalue weighted by molar-refractivity contribution is 4.88. The van der Waals surface area contributed by atoms with Crippen LogP contribution in [0.25, 0.3) is 0 Å². The van der Waals surface area contributed by atoms with Gasteiger partial charge in [-0.3, -0.25) is 0 Å². The van der Waals surface area contributed by atoms with E-state index in [0.717, 1.165) is 23.9 Å². The van der Waals surface area contributed by atoms with Crippen molar-refractivity contribution in [3.8, 4) is 0 Å². The van der Waals surface area contributed by atoms with Crippen molar-refractivity contribution >= 4 is 0 Å². The summed E-state index contributed by atoms with van der Waals surface area (Å²) in [5, 5.41) is 4.03. The first-order valence-corrected chi connectivity index (χ1v) is 8.24. The van der Waals surface area contributed by atoms with Crippen LogP contribution in [0.5, 0.6) is 0 Å². The second kappa shape index (κ2) is 5.94. The van der Waals surface area contributed by atoms with Crippen LogP contribution in [0.15, 0.2) is 0 Å². The average molecular weight is 251 g/mol.